The average molecular weight is 537 g/mol. The van der Waals surface area contributed by atoms with Crippen molar-refractivity contribution < 1.29 is 27.4 Å². The second-order valence-electron chi connectivity index (χ2n) is 8.30. The molecule has 0 saturated carbocycles. The van der Waals surface area contributed by atoms with Crippen LogP contribution < -0.4 is 20.3 Å². The summed E-state index contributed by atoms with van der Waals surface area (Å²) in [7, 11) is 0. The number of halogens is 4. The molecule has 2 N–H and O–H groups in total. The van der Waals surface area contributed by atoms with Crippen LogP contribution in [0.15, 0.2) is 48.8 Å². The lowest BCUT2D eigenvalue weighted by molar-refractivity contribution is -0.274. The first-order valence-electron chi connectivity index (χ1n) is 11.4. The zero-order valence-electron chi connectivity index (χ0n) is 19.8. The third-order valence-electron chi connectivity index (χ3n) is 5.43. The van der Waals surface area contributed by atoms with E-state index >= 15 is 0 Å². The number of ether oxygens (including phenoxy) is 2. The molecule has 0 radical (unpaired) electrons. The molecule has 2 heterocycles. The Morgan fingerprint density at radius 1 is 1.16 bits per heavy atom. The van der Waals surface area contributed by atoms with Crippen LogP contribution in [0, 0.1) is 0 Å². The van der Waals surface area contributed by atoms with E-state index in [0.29, 0.717) is 59.8 Å². The van der Waals surface area contributed by atoms with Gasteiger partial charge in [-0.3, -0.25) is 4.79 Å². The van der Waals surface area contributed by atoms with Crippen molar-refractivity contribution in [3.05, 3.63) is 59.4 Å². The number of hydrogen-bond acceptors (Lipinski definition) is 8. The lowest BCUT2D eigenvalue weighted by Crippen LogP contribution is -2.38. The van der Waals surface area contributed by atoms with Gasteiger partial charge in [0.25, 0.3) is 0 Å². The number of anilines is 4. The van der Waals surface area contributed by atoms with Crippen molar-refractivity contribution in [2.45, 2.75) is 38.8 Å². The number of piperidine rings is 1. The average Bonchev–Trinajstić information content (AvgIpc) is 2.84. The quantitative estimate of drug-likeness (QED) is 0.399. The van der Waals surface area contributed by atoms with Crippen LogP contribution in [-0.4, -0.2) is 46.4 Å². The summed E-state index contributed by atoms with van der Waals surface area (Å²) in [5.74, 6) is 0.329. The third-order valence-corrected chi connectivity index (χ3v) is 5.76. The fourth-order valence-corrected chi connectivity index (χ4v) is 3.95. The molecule has 3 aromatic rings. The highest BCUT2D eigenvalue weighted by Crippen LogP contribution is 2.28. The maximum Gasteiger partial charge on any atom is 0.573 e. The molecular weight excluding hydrogens is 513 g/mol. The summed E-state index contributed by atoms with van der Waals surface area (Å²) in [6.07, 6.45) is -1.98. The van der Waals surface area contributed by atoms with Crippen LogP contribution in [0.4, 0.5) is 36.4 Å². The number of carbonyl (C=O) groups is 1. The highest BCUT2D eigenvalue weighted by molar-refractivity contribution is 6.33. The minimum absolute atomic E-state index is 0.0517. The van der Waals surface area contributed by atoms with E-state index in [2.05, 4.69) is 30.3 Å². The van der Waals surface area contributed by atoms with Gasteiger partial charge in [0, 0.05) is 25.7 Å². The maximum atomic E-state index is 12.4. The summed E-state index contributed by atoms with van der Waals surface area (Å²) in [6, 6.07) is 10.8. The Balaban J connectivity index is 1.30. The van der Waals surface area contributed by atoms with Gasteiger partial charge in [-0.05, 0) is 48.7 Å². The van der Waals surface area contributed by atoms with E-state index in [1.807, 2.05) is 4.90 Å². The Morgan fingerprint density at radius 3 is 2.68 bits per heavy atom. The van der Waals surface area contributed by atoms with Crippen LogP contribution in [0.1, 0.15) is 25.3 Å². The van der Waals surface area contributed by atoms with Crippen molar-refractivity contribution in [2.24, 2.45) is 0 Å². The smallest absolute Gasteiger partial charge is 0.406 e. The molecule has 0 atom stereocenters. The van der Waals surface area contributed by atoms with E-state index in [4.69, 9.17) is 16.3 Å². The van der Waals surface area contributed by atoms with Gasteiger partial charge in [0.15, 0.2) is 0 Å². The number of benzene rings is 2. The van der Waals surface area contributed by atoms with Crippen LogP contribution in [0.5, 0.6) is 5.75 Å². The van der Waals surface area contributed by atoms with Gasteiger partial charge in [0.05, 0.1) is 23.4 Å². The third kappa shape index (κ3) is 7.92. The molecule has 0 bridgehead atoms. The van der Waals surface area contributed by atoms with E-state index in [-0.39, 0.29) is 24.4 Å². The molecule has 13 heteroatoms. The van der Waals surface area contributed by atoms with Crippen LogP contribution in [0.2, 0.25) is 5.02 Å². The summed E-state index contributed by atoms with van der Waals surface area (Å²) in [5, 5.41) is 6.16. The minimum Gasteiger partial charge on any atom is -0.406 e. The first-order chi connectivity index (χ1) is 17.6. The van der Waals surface area contributed by atoms with E-state index in [0.717, 1.165) is 0 Å². The Bertz CT molecular complexity index is 1240. The van der Waals surface area contributed by atoms with Crippen molar-refractivity contribution >= 4 is 40.8 Å². The highest BCUT2D eigenvalue weighted by atomic mass is 35.5. The summed E-state index contributed by atoms with van der Waals surface area (Å²) in [5.41, 5.74) is 1.71. The molecule has 1 amide bonds. The number of hydrogen-bond donors (Lipinski definition) is 2. The van der Waals surface area contributed by atoms with Crippen LogP contribution in [-0.2, 0) is 16.1 Å². The van der Waals surface area contributed by atoms with Gasteiger partial charge in [0.2, 0.25) is 17.8 Å². The number of carbonyl (C=O) groups excluding carboxylic acids is 1. The Labute approximate surface area is 216 Å². The van der Waals surface area contributed by atoms with Gasteiger partial charge < -0.3 is 25.0 Å². The van der Waals surface area contributed by atoms with Crippen molar-refractivity contribution in [3.63, 3.8) is 0 Å². The van der Waals surface area contributed by atoms with Gasteiger partial charge in [0.1, 0.15) is 12.1 Å². The predicted octanol–water partition coefficient (Wildman–Crippen LogP) is 5.31. The second-order valence-corrected chi connectivity index (χ2v) is 8.71. The lowest BCUT2D eigenvalue weighted by Gasteiger charge is -2.32. The second kappa shape index (κ2) is 11.6. The summed E-state index contributed by atoms with van der Waals surface area (Å²) >= 11 is 6.12. The fraction of sp³-hybridized carbons (Fsp3) is 0.333. The van der Waals surface area contributed by atoms with E-state index in [1.54, 1.807) is 24.3 Å². The summed E-state index contributed by atoms with van der Waals surface area (Å²) < 4.78 is 47.2. The van der Waals surface area contributed by atoms with Crippen molar-refractivity contribution in [3.8, 4) is 5.75 Å². The van der Waals surface area contributed by atoms with E-state index < -0.39 is 6.36 Å². The molecule has 0 unspecified atom stereocenters. The molecule has 4 rings (SSSR count). The number of amides is 1. The van der Waals surface area contributed by atoms with Crippen molar-refractivity contribution in [2.75, 3.05) is 28.6 Å². The monoisotopic (exact) mass is 536 g/mol. The molecule has 9 nitrogen and oxygen atoms in total. The van der Waals surface area contributed by atoms with Gasteiger partial charge in [-0.1, -0.05) is 23.7 Å². The van der Waals surface area contributed by atoms with Gasteiger partial charge >= 0.3 is 6.36 Å². The molecule has 0 spiro atoms. The minimum atomic E-state index is -4.73. The fourth-order valence-electron chi connectivity index (χ4n) is 3.79. The lowest BCUT2D eigenvalue weighted by atomic mass is 10.1. The predicted molar refractivity (Wildman–Crippen MR) is 132 cm³/mol. The Hall–Kier alpha value is -3.64. The van der Waals surface area contributed by atoms with E-state index in [1.165, 1.54) is 31.5 Å². The molecule has 0 aliphatic carbocycles. The topological polar surface area (TPSA) is 102 Å². The standard InChI is InChI=1S/C24H24ClF3N6O3/c1-15(35)31-21-12-17(5-6-20(21)25)32-22-29-14-30-23(33-22)34-9-7-18(8-10-34)36-13-16-3-2-4-19(11-16)37-24(26,27)28/h2-6,11-12,14,18H,7-10,13H2,1H3,(H,31,35)(H,29,30,32,33). The maximum absolute atomic E-state index is 12.4. The van der Waals surface area contributed by atoms with Gasteiger partial charge in [-0.2, -0.15) is 4.98 Å². The molecule has 1 aliphatic heterocycles. The molecule has 1 fully saturated rings. The molecule has 196 valence electrons. The Kier molecular flexibility index (Phi) is 8.29. The zero-order chi connectivity index (χ0) is 26.4. The van der Waals surface area contributed by atoms with Crippen LogP contribution in [0.3, 0.4) is 0 Å². The molecular formula is C24H24ClF3N6O3. The molecule has 2 aromatic carbocycles. The largest absolute Gasteiger partial charge is 0.573 e. The summed E-state index contributed by atoms with van der Waals surface area (Å²) in [6.45, 7) is 2.85. The number of aromatic nitrogens is 3. The molecule has 1 aliphatic rings. The number of nitrogens with zero attached hydrogens (tertiary/aromatic N) is 4. The van der Waals surface area contributed by atoms with E-state index in [9.17, 15) is 18.0 Å². The number of rotatable bonds is 8. The van der Waals surface area contributed by atoms with Gasteiger partial charge in [-0.15, -0.1) is 13.2 Å². The molecule has 37 heavy (non-hydrogen) atoms. The molecule has 1 aromatic heterocycles. The van der Waals surface area contributed by atoms with Crippen LogP contribution in [0.25, 0.3) is 0 Å². The first kappa shape index (κ1) is 26.4. The van der Waals surface area contributed by atoms with Crippen molar-refractivity contribution in [1.82, 2.24) is 15.0 Å². The van der Waals surface area contributed by atoms with Crippen molar-refractivity contribution in [1.29, 1.82) is 0 Å². The number of alkyl halides is 3. The summed E-state index contributed by atoms with van der Waals surface area (Å²) in [4.78, 5) is 26.3. The number of nitrogens with one attached hydrogen (secondary N) is 2. The first-order valence-corrected chi connectivity index (χ1v) is 11.8. The molecule has 1 saturated heterocycles. The Morgan fingerprint density at radius 2 is 1.95 bits per heavy atom. The van der Waals surface area contributed by atoms with Crippen LogP contribution >= 0.6 is 11.6 Å². The zero-order valence-corrected chi connectivity index (χ0v) is 20.5. The van der Waals surface area contributed by atoms with Gasteiger partial charge in [-0.25, -0.2) is 9.97 Å². The normalized spacial score (nSPS) is 14.4. The SMILES string of the molecule is CC(=O)Nc1cc(Nc2ncnc(N3CCC(OCc4cccc(OC(F)(F)F)c4)CC3)n2)ccc1Cl. The highest BCUT2D eigenvalue weighted by Gasteiger charge is 2.31.